The molecule has 0 heterocycles. The number of nitrogens with zero attached hydrogens (tertiary/aromatic N) is 2. The van der Waals surface area contributed by atoms with E-state index in [2.05, 4.69) is 25.9 Å². The number of sulfone groups is 1. The molecule has 1 atom stereocenters. The van der Waals surface area contributed by atoms with Crippen LogP contribution in [0.2, 0.25) is 0 Å². The molecule has 2 aromatic carbocycles. The lowest BCUT2D eigenvalue weighted by Gasteiger charge is -2.17. The molecule has 2 aromatic rings. The Labute approximate surface area is 207 Å². The van der Waals surface area contributed by atoms with E-state index in [0.717, 1.165) is 16.9 Å². The van der Waals surface area contributed by atoms with Gasteiger partial charge in [-0.1, -0.05) is 38.0 Å². The Morgan fingerprint density at radius 1 is 1.11 bits per heavy atom. The standard InChI is InChI=1S/C25H31N5O4S/c1-7-17(2)16-35(32,33)24-15-21(27-6)20(26-5)14-22(24)29-30-25(31)28-11-8-12-34-23-10-9-18(3)13-19(23)4/h9-10,13-15,17,29H,7-8,11-12,16H2,1-4H3,(H2,28,30,31). The first kappa shape index (κ1) is 27.5. The van der Waals surface area contributed by atoms with E-state index in [1.807, 2.05) is 45.9 Å². The van der Waals surface area contributed by atoms with Crippen LogP contribution in [0.15, 0.2) is 35.2 Å². The smallest absolute Gasteiger partial charge is 0.333 e. The second kappa shape index (κ2) is 12.6. The van der Waals surface area contributed by atoms with Gasteiger partial charge in [-0.3, -0.25) is 20.5 Å². The van der Waals surface area contributed by atoms with Gasteiger partial charge in [-0.05, 0) is 49.9 Å². The number of ether oxygens (including phenoxy) is 1. The Hall–Kier alpha value is -3.76. The van der Waals surface area contributed by atoms with E-state index in [1.54, 1.807) is 0 Å². The van der Waals surface area contributed by atoms with Gasteiger partial charge in [-0.2, -0.15) is 0 Å². The molecule has 9 nitrogen and oxygen atoms in total. The molecule has 2 amide bonds. The van der Waals surface area contributed by atoms with Gasteiger partial charge in [0.2, 0.25) is 0 Å². The molecule has 0 fully saturated rings. The molecule has 35 heavy (non-hydrogen) atoms. The largest absolute Gasteiger partial charge is 0.493 e. The highest BCUT2D eigenvalue weighted by molar-refractivity contribution is 7.91. The highest BCUT2D eigenvalue weighted by Crippen LogP contribution is 2.37. The first-order chi connectivity index (χ1) is 16.6. The normalized spacial score (nSPS) is 11.6. The maximum absolute atomic E-state index is 13.0. The molecule has 0 radical (unpaired) electrons. The summed E-state index contributed by atoms with van der Waals surface area (Å²) in [4.78, 5) is 18.7. The lowest BCUT2D eigenvalue weighted by molar-refractivity contribution is 0.241. The zero-order chi connectivity index (χ0) is 26.0. The quantitative estimate of drug-likeness (QED) is 0.221. The second-order valence-corrected chi connectivity index (χ2v) is 10.3. The minimum absolute atomic E-state index is 0.00394. The number of amides is 2. The molecular formula is C25H31N5O4S. The summed E-state index contributed by atoms with van der Waals surface area (Å²) in [5.41, 5.74) is 7.19. The summed E-state index contributed by atoms with van der Waals surface area (Å²) in [6.45, 7) is 23.0. The molecule has 0 aliphatic rings. The molecule has 0 saturated carbocycles. The molecule has 3 N–H and O–H groups in total. The molecular weight excluding hydrogens is 466 g/mol. The lowest BCUT2D eigenvalue weighted by atomic mass is 10.1. The van der Waals surface area contributed by atoms with Crippen LogP contribution in [0.4, 0.5) is 21.9 Å². The number of hydrazine groups is 1. The molecule has 0 spiro atoms. The fourth-order valence-corrected chi connectivity index (χ4v) is 5.16. The third kappa shape index (κ3) is 7.90. The second-order valence-electron chi connectivity index (χ2n) is 8.33. The van der Waals surface area contributed by atoms with Crippen LogP contribution in [0.1, 0.15) is 37.8 Å². The van der Waals surface area contributed by atoms with Crippen molar-refractivity contribution >= 4 is 32.9 Å². The Bertz CT molecular complexity index is 1250. The minimum Gasteiger partial charge on any atom is -0.493 e. The summed E-state index contributed by atoms with van der Waals surface area (Å²) in [6.07, 6.45) is 1.24. The van der Waals surface area contributed by atoms with Crippen molar-refractivity contribution in [1.82, 2.24) is 10.7 Å². The van der Waals surface area contributed by atoms with Crippen molar-refractivity contribution < 1.29 is 17.9 Å². The van der Waals surface area contributed by atoms with Gasteiger partial charge in [0.05, 0.1) is 36.1 Å². The van der Waals surface area contributed by atoms with Crippen LogP contribution in [0.5, 0.6) is 5.75 Å². The fraction of sp³-hybridized carbons (Fsp3) is 0.400. The van der Waals surface area contributed by atoms with Crippen molar-refractivity contribution in [3.63, 3.8) is 0 Å². The van der Waals surface area contributed by atoms with Crippen molar-refractivity contribution in [3.05, 3.63) is 64.3 Å². The van der Waals surface area contributed by atoms with Crippen LogP contribution in [0.25, 0.3) is 9.69 Å². The Morgan fingerprint density at radius 2 is 1.80 bits per heavy atom. The summed E-state index contributed by atoms with van der Waals surface area (Å²) < 4.78 is 31.7. The fourth-order valence-electron chi connectivity index (χ4n) is 3.26. The molecule has 0 aliphatic carbocycles. The molecule has 0 aromatic heterocycles. The predicted molar refractivity (Wildman–Crippen MR) is 137 cm³/mol. The topological polar surface area (TPSA) is 105 Å². The van der Waals surface area contributed by atoms with Crippen LogP contribution in [0, 0.1) is 32.9 Å². The van der Waals surface area contributed by atoms with Crippen molar-refractivity contribution in [3.8, 4) is 5.75 Å². The van der Waals surface area contributed by atoms with Gasteiger partial charge in [-0.15, -0.1) is 0 Å². The minimum atomic E-state index is -3.76. The Kier molecular flexibility index (Phi) is 9.92. The van der Waals surface area contributed by atoms with Crippen molar-refractivity contribution in [2.24, 2.45) is 5.92 Å². The van der Waals surface area contributed by atoms with Crippen LogP contribution < -0.4 is 20.9 Å². The van der Waals surface area contributed by atoms with Crippen LogP contribution in [-0.2, 0) is 9.84 Å². The van der Waals surface area contributed by atoms with Gasteiger partial charge in [0.15, 0.2) is 21.2 Å². The molecule has 2 rings (SSSR count). The molecule has 1 unspecified atom stereocenters. The number of hydrogen-bond acceptors (Lipinski definition) is 5. The van der Waals surface area contributed by atoms with E-state index < -0.39 is 15.9 Å². The summed E-state index contributed by atoms with van der Waals surface area (Å²) in [5, 5.41) is 2.66. The van der Waals surface area contributed by atoms with Crippen molar-refractivity contribution in [1.29, 1.82) is 0 Å². The summed E-state index contributed by atoms with van der Waals surface area (Å²) in [7, 11) is -3.76. The molecule has 0 bridgehead atoms. The highest BCUT2D eigenvalue weighted by atomic mass is 32.2. The number of nitrogens with one attached hydrogen (secondary N) is 3. The lowest BCUT2D eigenvalue weighted by Crippen LogP contribution is -2.40. The van der Waals surface area contributed by atoms with Gasteiger partial charge in [-0.25, -0.2) is 13.2 Å². The number of carbonyl (C=O) groups is 1. The maximum atomic E-state index is 13.0. The van der Waals surface area contributed by atoms with Crippen LogP contribution in [-0.4, -0.2) is 33.4 Å². The summed E-state index contributed by atoms with van der Waals surface area (Å²) in [5.74, 6) is 0.595. The summed E-state index contributed by atoms with van der Waals surface area (Å²) in [6, 6.07) is 7.81. The van der Waals surface area contributed by atoms with Crippen LogP contribution in [0.3, 0.4) is 0 Å². The molecule has 0 saturated heterocycles. The maximum Gasteiger partial charge on any atom is 0.333 e. The van der Waals surface area contributed by atoms with E-state index in [9.17, 15) is 13.2 Å². The van der Waals surface area contributed by atoms with Crippen LogP contribution >= 0.6 is 0 Å². The van der Waals surface area contributed by atoms with E-state index in [-0.39, 0.29) is 33.6 Å². The SMILES string of the molecule is [C-]#[N+]c1cc(NNC(=O)NCCCOc2ccc(C)cc2C)c(S(=O)(=O)CC(C)CC)cc1[N+]#[C-]. The number of urea groups is 1. The highest BCUT2D eigenvalue weighted by Gasteiger charge is 2.24. The van der Waals surface area contributed by atoms with Gasteiger partial charge in [0.1, 0.15) is 5.75 Å². The van der Waals surface area contributed by atoms with E-state index in [4.69, 9.17) is 17.9 Å². The number of carbonyl (C=O) groups excluding carboxylic acids is 1. The number of hydrogen-bond donors (Lipinski definition) is 3. The number of rotatable bonds is 11. The van der Waals surface area contributed by atoms with Gasteiger partial charge >= 0.3 is 6.03 Å². The van der Waals surface area contributed by atoms with Gasteiger partial charge < -0.3 is 10.1 Å². The first-order valence-electron chi connectivity index (χ1n) is 11.3. The van der Waals surface area contributed by atoms with Crippen molar-refractivity contribution in [2.45, 2.75) is 45.4 Å². The average Bonchev–Trinajstić information content (AvgIpc) is 2.82. The van der Waals surface area contributed by atoms with E-state index >= 15 is 0 Å². The predicted octanol–water partition coefficient (Wildman–Crippen LogP) is 5.32. The Morgan fingerprint density at radius 3 is 2.43 bits per heavy atom. The number of benzene rings is 2. The van der Waals surface area contributed by atoms with E-state index in [1.165, 1.54) is 12.1 Å². The Balaban J connectivity index is 1.99. The summed E-state index contributed by atoms with van der Waals surface area (Å²) >= 11 is 0. The zero-order valence-electron chi connectivity index (χ0n) is 20.4. The monoisotopic (exact) mass is 497 g/mol. The van der Waals surface area contributed by atoms with E-state index in [0.29, 0.717) is 26.0 Å². The third-order valence-electron chi connectivity index (χ3n) is 5.36. The number of anilines is 1. The molecule has 10 heteroatoms. The molecule has 186 valence electrons. The number of aryl methyl sites for hydroxylation is 2. The zero-order valence-corrected chi connectivity index (χ0v) is 21.3. The first-order valence-corrected chi connectivity index (χ1v) is 12.9. The van der Waals surface area contributed by atoms with Crippen molar-refractivity contribution in [2.75, 3.05) is 24.3 Å². The van der Waals surface area contributed by atoms with Gasteiger partial charge in [0, 0.05) is 6.54 Å². The van der Waals surface area contributed by atoms with Gasteiger partial charge in [0.25, 0.3) is 0 Å². The third-order valence-corrected chi connectivity index (χ3v) is 7.37. The molecule has 0 aliphatic heterocycles. The average molecular weight is 498 g/mol.